The molecule has 1 aromatic carbocycles. The van der Waals surface area contributed by atoms with Gasteiger partial charge in [-0.25, -0.2) is 13.1 Å². The first-order valence-electron chi connectivity index (χ1n) is 5.66. The molecule has 0 spiro atoms. The predicted molar refractivity (Wildman–Crippen MR) is 70.4 cm³/mol. The van der Waals surface area contributed by atoms with Gasteiger partial charge < -0.3 is 9.47 Å². The van der Waals surface area contributed by atoms with E-state index in [1.165, 1.54) is 7.11 Å². The van der Waals surface area contributed by atoms with Crippen LogP contribution in [0, 0.1) is 0 Å². The second kappa shape index (κ2) is 7.35. The third kappa shape index (κ3) is 5.48. The molecule has 0 amide bonds. The number of hydrogen-bond acceptors (Lipinski definition) is 4. The summed E-state index contributed by atoms with van der Waals surface area (Å²) in [7, 11) is -0.125. The molecular formula is C12H19NO4S. The molecule has 0 bridgehead atoms. The molecule has 5 nitrogen and oxygen atoms in total. The normalized spacial score (nSPS) is 11.4. The maximum atomic E-state index is 11.6. The lowest BCUT2D eigenvalue weighted by molar-refractivity contribution is 0.204. The van der Waals surface area contributed by atoms with Crippen molar-refractivity contribution in [1.82, 2.24) is 4.72 Å². The summed E-state index contributed by atoms with van der Waals surface area (Å²) >= 11 is 0. The van der Waals surface area contributed by atoms with E-state index in [2.05, 4.69) is 4.72 Å². The Labute approximate surface area is 108 Å². The fraction of sp³-hybridized carbons (Fsp3) is 0.500. The molecule has 0 aliphatic heterocycles. The molecule has 0 heterocycles. The first-order chi connectivity index (χ1) is 8.57. The van der Waals surface area contributed by atoms with Crippen LogP contribution in [0.2, 0.25) is 0 Å². The van der Waals surface area contributed by atoms with E-state index >= 15 is 0 Å². The van der Waals surface area contributed by atoms with E-state index in [1.807, 2.05) is 24.3 Å². The summed E-state index contributed by atoms with van der Waals surface area (Å²) in [5.41, 5.74) is 0.937. The van der Waals surface area contributed by atoms with Crippen LogP contribution >= 0.6 is 0 Å². The highest BCUT2D eigenvalue weighted by molar-refractivity contribution is 7.89. The highest BCUT2D eigenvalue weighted by Crippen LogP contribution is 2.13. The van der Waals surface area contributed by atoms with Crippen LogP contribution < -0.4 is 9.46 Å². The average molecular weight is 273 g/mol. The van der Waals surface area contributed by atoms with Crippen molar-refractivity contribution in [3.63, 3.8) is 0 Å². The summed E-state index contributed by atoms with van der Waals surface area (Å²) in [6.45, 7) is 0.676. The lowest BCUT2D eigenvalue weighted by Crippen LogP contribution is -2.30. The number of hydrogen-bond donors (Lipinski definition) is 1. The van der Waals surface area contributed by atoms with Gasteiger partial charge in [0, 0.05) is 13.7 Å². The molecule has 102 valence electrons. The number of ether oxygens (including phenoxy) is 2. The monoisotopic (exact) mass is 273 g/mol. The van der Waals surface area contributed by atoms with Crippen LogP contribution in [0.25, 0.3) is 0 Å². The van der Waals surface area contributed by atoms with E-state index < -0.39 is 10.0 Å². The molecule has 0 aliphatic carbocycles. The molecule has 6 heteroatoms. The zero-order chi connectivity index (χ0) is 13.4. The van der Waals surface area contributed by atoms with Gasteiger partial charge in [-0.1, -0.05) is 12.1 Å². The van der Waals surface area contributed by atoms with E-state index in [0.29, 0.717) is 19.6 Å². The highest BCUT2D eigenvalue weighted by Gasteiger charge is 2.09. The Hall–Kier alpha value is -1.11. The third-order valence-electron chi connectivity index (χ3n) is 2.42. The topological polar surface area (TPSA) is 64.6 Å². The molecule has 1 aromatic rings. The molecule has 0 radical (unpaired) electrons. The van der Waals surface area contributed by atoms with E-state index in [9.17, 15) is 8.42 Å². The number of methoxy groups -OCH3 is 2. The largest absolute Gasteiger partial charge is 0.497 e. The minimum atomic E-state index is -3.24. The Morgan fingerprint density at radius 2 is 2.06 bits per heavy atom. The standard InChI is InChI=1S/C12H19NO4S/c1-16-8-7-13-18(14,15)9-6-11-4-3-5-12(10-11)17-2/h3-5,10,13H,6-9H2,1-2H3. The number of benzene rings is 1. The lowest BCUT2D eigenvalue weighted by atomic mass is 10.2. The van der Waals surface area contributed by atoms with Gasteiger partial charge in [0.1, 0.15) is 5.75 Å². The molecule has 18 heavy (non-hydrogen) atoms. The molecule has 0 atom stereocenters. The molecule has 0 unspecified atom stereocenters. The third-order valence-corrected chi connectivity index (χ3v) is 3.81. The van der Waals surface area contributed by atoms with Crippen LogP contribution in [-0.2, 0) is 21.2 Å². The van der Waals surface area contributed by atoms with Crippen molar-refractivity contribution in [2.45, 2.75) is 6.42 Å². The molecule has 1 N–H and O–H groups in total. The van der Waals surface area contributed by atoms with Crippen LogP contribution in [0.15, 0.2) is 24.3 Å². The van der Waals surface area contributed by atoms with Crippen molar-refractivity contribution in [3.8, 4) is 5.75 Å². The van der Waals surface area contributed by atoms with Crippen LogP contribution in [0.1, 0.15) is 5.56 Å². The number of aryl methyl sites for hydroxylation is 1. The van der Waals surface area contributed by atoms with Crippen molar-refractivity contribution < 1.29 is 17.9 Å². The Morgan fingerprint density at radius 1 is 1.28 bits per heavy atom. The zero-order valence-electron chi connectivity index (χ0n) is 10.7. The fourth-order valence-corrected chi connectivity index (χ4v) is 2.49. The maximum Gasteiger partial charge on any atom is 0.211 e. The molecular weight excluding hydrogens is 254 g/mol. The molecule has 0 saturated carbocycles. The Bertz CT molecular complexity index is 459. The van der Waals surface area contributed by atoms with Gasteiger partial charge in [-0.05, 0) is 24.1 Å². The molecule has 0 fully saturated rings. The van der Waals surface area contributed by atoms with Crippen LogP contribution in [0.4, 0.5) is 0 Å². The van der Waals surface area contributed by atoms with Gasteiger partial charge >= 0.3 is 0 Å². The lowest BCUT2D eigenvalue weighted by Gasteiger charge is -2.07. The van der Waals surface area contributed by atoms with Gasteiger partial charge in [-0.15, -0.1) is 0 Å². The van der Waals surface area contributed by atoms with Gasteiger partial charge in [0.05, 0.1) is 19.5 Å². The maximum absolute atomic E-state index is 11.6. The predicted octanol–water partition coefficient (Wildman–Crippen LogP) is 0.803. The summed E-state index contributed by atoms with van der Waals surface area (Å²) in [5, 5.41) is 0. The number of nitrogens with one attached hydrogen (secondary N) is 1. The zero-order valence-corrected chi connectivity index (χ0v) is 11.5. The first kappa shape index (κ1) is 14.9. The number of rotatable bonds is 8. The average Bonchev–Trinajstić information content (AvgIpc) is 2.37. The van der Waals surface area contributed by atoms with E-state index in [-0.39, 0.29) is 5.75 Å². The van der Waals surface area contributed by atoms with Gasteiger partial charge in [-0.2, -0.15) is 0 Å². The van der Waals surface area contributed by atoms with Crippen LogP contribution in [0.3, 0.4) is 0 Å². The smallest absolute Gasteiger partial charge is 0.211 e. The Balaban J connectivity index is 2.48. The number of sulfonamides is 1. The minimum absolute atomic E-state index is 0.0594. The Kier molecular flexibility index (Phi) is 6.11. The van der Waals surface area contributed by atoms with Gasteiger partial charge in [-0.3, -0.25) is 0 Å². The van der Waals surface area contributed by atoms with Gasteiger partial charge in [0.2, 0.25) is 10.0 Å². The summed E-state index contributed by atoms with van der Waals surface area (Å²) in [5.74, 6) is 0.793. The van der Waals surface area contributed by atoms with Crippen LogP contribution in [0.5, 0.6) is 5.75 Å². The van der Waals surface area contributed by atoms with Crippen molar-refractivity contribution in [3.05, 3.63) is 29.8 Å². The van der Waals surface area contributed by atoms with Gasteiger partial charge in [0.15, 0.2) is 0 Å². The highest BCUT2D eigenvalue weighted by atomic mass is 32.2. The molecule has 0 aromatic heterocycles. The molecule has 1 rings (SSSR count). The molecule has 0 saturated heterocycles. The Morgan fingerprint density at radius 3 is 2.72 bits per heavy atom. The second-order valence-corrected chi connectivity index (χ2v) is 5.73. The van der Waals surface area contributed by atoms with Gasteiger partial charge in [0.25, 0.3) is 0 Å². The van der Waals surface area contributed by atoms with Crippen molar-refractivity contribution >= 4 is 10.0 Å². The molecule has 0 aliphatic rings. The van der Waals surface area contributed by atoms with E-state index in [1.54, 1.807) is 7.11 Å². The quantitative estimate of drug-likeness (QED) is 0.712. The second-order valence-electron chi connectivity index (χ2n) is 3.81. The van der Waals surface area contributed by atoms with Crippen LogP contribution in [-0.4, -0.2) is 41.5 Å². The summed E-state index contributed by atoms with van der Waals surface area (Å²) < 4.78 is 35.6. The SMILES string of the molecule is COCCNS(=O)(=O)CCc1cccc(OC)c1. The summed E-state index contributed by atoms with van der Waals surface area (Å²) in [4.78, 5) is 0. The summed E-state index contributed by atoms with van der Waals surface area (Å²) in [6.07, 6.45) is 0.458. The van der Waals surface area contributed by atoms with E-state index in [4.69, 9.17) is 9.47 Å². The van der Waals surface area contributed by atoms with Crippen molar-refractivity contribution in [2.24, 2.45) is 0 Å². The fourth-order valence-electron chi connectivity index (χ4n) is 1.45. The van der Waals surface area contributed by atoms with Crippen molar-refractivity contribution in [1.29, 1.82) is 0 Å². The summed E-state index contributed by atoms with van der Waals surface area (Å²) in [6, 6.07) is 7.39. The minimum Gasteiger partial charge on any atom is -0.497 e. The van der Waals surface area contributed by atoms with E-state index in [0.717, 1.165) is 11.3 Å². The first-order valence-corrected chi connectivity index (χ1v) is 7.32. The van der Waals surface area contributed by atoms with Crippen molar-refractivity contribution in [2.75, 3.05) is 33.1 Å².